The van der Waals surface area contributed by atoms with Crippen molar-refractivity contribution in [2.45, 2.75) is 5.92 Å². The summed E-state index contributed by atoms with van der Waals surface area (Å²) in [6, 6.07) is 15.0. The summed E-state index contributed by atoms with van der Waals surface area (Å²) in [5, 5.41) is 4.75. The Bertz CT molecular complexity index is 853. The zero-order valence-electron chi connectivity index (χ0n) is 11.1. The number of benzene rings is 2. The summed E-state index contributed by atoms with van der Waals surface area (Å²) in [6.45, 7) is 0.607. The smallest absolute Gasteiger partial charge is 0.207 e. The Morgan fingerprint density at radius 3 is 2.95 bits per heavy atom. The number of carbonyl (C=O) groups is 1. The minimum absolute atomic E-state index is 0.000211. The lowest BCUT2D eigenvalue weighted by Gasteiger charge is -2.06. The van der Waals surface area contributed by atoms with Gasteiger partial charge in [-0.15, -0.1) is 0 Å². The van der Waals surface area contributed by atoms with Crippen LogP contribution in [0.3, 0.4) is 0 Å². The van der Waals surface area contributed by atoms with Crippen LogP contribution in [0.15, 0.2) is 52.9 Å². The van der Waals surface area contributed by atoms with Gasteiger partial charge in [0.15, 0.2) is 5.76 Å². The predicted molar refractivity (Wildman–Crippen MR) is 83.2 cm³/mol. The fourth-order valence-corrected chi connectivity index (χ4v) is 3.01. The lowest BCUT2D eigenvalue weighted by molar-refractivity contribution is 0.0941. The second kappa shape index (κ2) is 4.64. The molecule has 0 fully saturated rings. The van der Waals surface area contributed by atoms with Crippen molar-refractivity contribution in [1.82, 2.24) is 0 Å². The van der Waals surface area contributed by atoms with Crippen molar-refractivity contribution in [1.29, 1.82) is 0 Å². The number of rotatable bonds is 2. The molecule has 0 bridgehead atoms. The predicted octanol–water partition coefficient (Wildman–Crippen LogP) is 4.48. The highest BCUT2D eigenvalue weighted by Gasteiger charge is 2.30. The SMILES string of the molecule is O=C(c1cc2cc(Cl)ccc2o1)C1CNc2ccccc21. The van der Waals surface area contributed by atoms with Crippen molar-refractivity contribution >= 4 is 34.0 Å². The number of furan rings is 1. The summed E-state index contributed by atoms with van der Waals surface area (Å²) >= 11 is 5.96. The van der Waals surface area contributed by atoms with Gasteiger partial charge in [0.1, 0.15) is 5.58 Å². The van der Waals surface area contributed by atoms with Gasteiger partial charge < -0.3 is 9.73 Å². The molecule has 0 saturated carbocycles. The van der Waals surface area contributed by atoms with E-state index in [2.05, 4.69) is 5.32 Å². The van der Waals surface area contributed by atoms with Crippen LogP contribution in [0.5, 0.6) is 0 Å². The van der Waals surface area contributed by atoms with E-state index in [4.69, 9.17) is 16.0 Å². The molecule has 0 saturated heterocycles. The van der Waals surface area contributed by atoms with Crippen LogP contribution in [0.4, 0.5) is 5.69 Å². The van der Waals surface area contributed by atoms with Crippen molar-refractivity contribution in [3.63, 3.8) is 0 Å². The highest BCUT2D eigenvalue weighted by molar-refractivity contribution is 6.31. The average Bonchev–Trinajstić information content (AvgIpc) is 3.09. The fraction of sp³-hybridized carbons (Fsp3) is 0.118. The summed E-state index contributed by atoms with van der Waals surface area (Å²) in [4.78, 5) is 12.7. The Kier molecular flexibility index (Phi) is 2.76. The average molecular weight is 298 g/mol. The van der Waals surface area contributed by atoms with E-state index in [0.29, 0.717) is 22.9 Å². The number of hydrogen-bond donors (Lipinski definition) is 1. The van der Waals surface area contributed by atoms with E-state index in [1.807, 2.05) is 24.3 Å². The number of nitrogens with one attached hydrogen (secondary N) is 1. The summed E-state index contributed by atoms with van der Waals surface area (Å²) in [7, 11) is 0. The van der Waals surface area contributed by atoms with Gasteiger partial charge in [-0.1, -0.05) is 29.8 Å². The van der Waals surface area contributed by atoms with Crippen LogP contribution in [0.1, 0.15) is 22.0 Å². The monoisotopic (exact) mass is 297 g/mol. The third kappa shape index (κ3) is 2.01. The normalized spacial score (nSPS) is 16.7. The lowest BCUT2D eigenvalue weighted by Crippen LogP contribution is -2.14. The largest absolute Gasteiger partial charge is 0.453 e. The first-order valence-electron chi connectivity index (χ1n) is 6.78. The van der Waals surface area contributed by atoms with Crippen molar-refractivity contribution in [3.8, 4) is 0 Å². The van der Waals surface area contributed by atoms with Crippen LogP contribution in [0.25, 0.3) is 11.0 Å². The first kappa shape index (κ1) is 12.5. The molecule has 1 atom stereocenters. The molecule has 1 N–H and O–H groups in total. The molecule has 0 radical (unpaired) electrons. The van der Waals surface area contributed by atoms with Crippen molar-refractivity contribution < 1.29 is 9.21 Å². The maximum absolute atomic E-state index is 12.7. The summed E-state index contributed by atoms with van der Waals surface area (Å²) < 4.78 is 5.68. The number of anilines is 1. The van der Waals surface area contributed by atoms with E-state index in [0.717, 1.165) is 16.6 Å². The maximum Gasteiger partial charge on any atom is 0.207 e. The first-order valence-corrected chi connectivity index (χ1v) is 7.16. The van der Waals surface area contributed by atoms with Crippen LogP contribution in [0.2, 0.25) is 5.02 Å². The van der Waals surface area contributed by atoms with Crippen molar-refractivity contribution in [2.24, 2.45) is 0 Å². The van der Waals surface area contributed by atoms with Gasteiger partial charge in [-0.2, -0.15) is 0 Å². The molecule has 1 aliphatic rings. The molecule has 0 spiro atoms. The molecule has 2 heterocycles. The van der Waals surface area contributed by atoms with Crippen LogP contribution in [-0.4, -0.2) is 12.3 Å². The fourth-order valence-electron chi connectivity index (χ4n) is 2.83. The Balaban J connectivity index is 1.74. The minimum atomic E-state index is -0.197. The van der Waals surface area contributed by atoms with E-state index < -0.39 is 0 Å². The molecule has 1 aromatic heterocycles. The lowest BCUT2D eigenvalue weighted by atomic mass is 9.95. The molecule has 0 amide bonds. The molecule has 4 rings (SSSR count). The standard InChI is InChI=1S/C17H12ClNO2/c18-11-5-6-15-10(7-11)8-16(21-15)17(20)13-9-19-14-4-2-1-3-12(13)14/h1-8,13,19H,9H2. The molecule has 1 unspecified atom stereocenters. The van der Waals surface area contributed by atoms with E-state index in [9.17, 15) is 4.79 Å². The summed E-state index contributed by atoms with van der Waals surface area (Å²) in [5.41, 5.74) is 2.73. The third-order valence-electron chi connectivity index (χ3n) is 3.87. The second-order valence-corrected chi connectivity index (χ2v) is 5.61. The van der Waals surface area contributed by atoms with Gasteiger partial charge in [0, 0.05) is 22.6 Å². The number of para-hydroxylation sites is 1. The molecule has 2 aromatic carbocycles. The number of ketones is 1. The molecule has 1 aliphatic heterocycles. The Morgan fingerprint density at radius 2 is 2.05 bits per heavy atom. The number of hydrogen-bond acceptors (Lipinski definition) is 3. The minimum Gasteiger partial charge on any atom is -0.453 e. The van der Waals surface area contributed by atoms with Gasteiger partial charge in [0.25, 0.3) is 0 Å². The van der Waals surface area contributed by atoms with E-state index >= 15 is 0 Å². The first-order chi connectivity index (χ1) is 10.2. The van der Waals surface area contributed by atoms with Crippen LogP contribution in [-0.2, 0) is 0 Å². The van der Waals surface area contributed by atoms with Crippen LogP contribution < -0.4 is 5.32 Å². The van der Waals surface area contributed by atoms with Gasteiger partial charge in [-0.05, 0) is 35.9 Å². The molecule has 4 heteroatoms. The van der Waals surface area contributed by atoms with Gasteiger partial charge >= 0.3 is 0 Å². The summed E-state index contributed by atoms with van der Waals surface area (Å²) in [5.74, 6) is 0.188. The van der Waals surface area contributed by atoms with Crippen molar-refractivity contribution in [3.05, 3.63) is 64.9 Å². The Hall–Kier alpha value is -2.26. The van der Waals surface area contributed by atoms with Crippen LogP contribution >= 0.6 is 11.6 Å². The molecule has 104 valence electrons. The van der Waals surface area contributed by atoms with Gasteiger partial charge in [-0.25, -0.2) is 0 Å². The molecule has 21 heavy (non-hydrogen) atoms. The molecule has 3 nitrogen and oxygen atoms in total. The van der Waals surface area contributed by atoms with Gasteiger partial charge in [0.2, 0.25) is 5.78 Å². The number of carbonyl (C=O) groups excluding carboxylic acids is 1. The number of Topliss-reactive ketones (excluding diaryl/α,β-unsaturated/α-hetero) is 1. The molecular weight excluding hydrogens is 286 g/mol. The van der Waals surface area contributed by atoms with E-state index in [1.165, 1.54) is 0 Å². The van der Waals surface area contributed by atoms with Gasteiger partial charge in [0.05, 0.1) is 5.92 Å². The van der Waals surface area contributed by atoms with E-state index in [-0.39, 0.29) is 11.7 Å². The third-order valence-corrected chi connectivity index (χ3v) is 4.11. The highest BCUT2D eigenvalue weighted by Crippen LogP contribution is 2.34. The van der Waals surface area contributed by atoms with Crippen LogP contribution in [0, 0.1) is 0 Å². The maximum atomic E-state index is 12.7. The number of halogens is 1. The van der Waals surface area contributed by atoms with Gasteiger partial charge in [-0.3, -0.25) is 4.79 Å². The number of fused-ring (bicyclic) bond motifs is 2. The Morgan fingerprint density at radius 1 is 1.19 bits per heavy atom. The highest BCUT2D eigenvalue weighted by atomic mass is 35.5. The zero-order valence-corrected chi connectivity index (χ0v) is 11.9. The van der Waals surface area contributed by atoms with Crippen molar-refractivity contribution in [2.75, 3.05) is 11.9 Å². The molecule has 3 aromatic rings. The van der Waals surface area contributed by atoms with E-state index in [1.54, 1.807) is 24.3 Å². The molecule has 0 aliphatic carbocycles. The summed E-state index contributed by atoms with van der Waals surface area (Å²) in [6.07, 6.45) is 0. The molecular formula is C17H12ClNO2. The zero-order chi connectivity index (χ0) is 14.4. The second-order valence-electron chi connectivity index (χ2n) is 5.18. The quantitative estimate of drug-likeness (QED) is 0.709. The topological polar surface area (TPSA) is 42.2 Å². The Labute approximate surface area is 126 Å².